The normalized spacial score (nSPS) is 13.4. The van der Waals surface area contributed by atoms with Gasteiger partial charge in [0.15, 0.2) is 0 Å². The molecule has 9 heteroatoms. The Labute approximate surface area is 170 Å². The molecule has 2 aromatic heterocycles. The topological polar surface area (TPSA) is 81.0 Å². The molecule has 7 nitrogen and oxygen atoms in total. The fourth-order valence-electron chi connectivity index (χ4n) is 3.09. The van der Waals surface area contributed by atoms with Crippen LogP contribution in [0.2, 0.25) is 0 Å². The molecule has 3 aromatic rings. The van der Waals surface area contributed by atoms with Crippen LogP contribution >= 0.6 is 23.1 Å². The minimum Gasteiger partial charge on any atom is -0.274 e. The number of aromatic nitrogens is 4. The van der Waals surface area contributed by atoms with E-state index in [0.29, 0.717) is 17.7 Å². The van der Waals surface area contributed by atoms with Gasteiger partial charge in [-0.1, -0.05) is 30.0 Å². The Hall–Kier alpha value is -2.52. The number of thiophene rings is 1. The standard InChI is InChI=1S/C19H19N5O2S2/c25-17-15-7-1-2-8-16(15)18(26)23(17)10-3-4-12-28-19-20-21-22-24(19)11-9-14-6-5-13-27-14/h1-2,5-8,13H,3-4,9-12H2. The van der Waals surface area contributed by atoms with Crippen LogP contribution in [0, 0.1) is 0 Å². The van der Waals surface area contributed by atoms with E-state index in [1.807, 2.05) is 10.7 Å². The van der Waals surface area contributed by atoms with Crippen molar-refractivity contribution in [3.63, 3.8) is 0 Å². The number of tetrazole rings is 1. The van der Waals surface area contributed by atoms with Crippen molar-refractivity contribution in [1.29, 1.82) is 0 Å². The molecule has 1 aromatic carbocycles. The average Bonchev–Trinajstić information content (AvgIpc) is 3.44. The van der Waals surface area contributed by atoms with Gasteiger partial charge in [0.2, 0.25) is 5.16 Å². The Morgan fingerprint density at radius 3 is 2.46 bits per heavy atom. The number of aryl methyl sites for hydroxylation is 2. The van der Waals surface area contributed by atoms with Crippen LogP contribution in [0.15, 0.2) is 46.9 Å². The lowest BCUT2D eigenvalue weighted by atomic mass is 10.1. The van der Waals surface area contributed by atoms with Gasteiger partial charge in [-0.05, 0) is 46.8 Å². The zero-order valence-electron chi connectivity index (χ0n) is 15.2. The summed E-state index contributed by atoms with van der Waals surface area (Å²) in [6, 6.07) is 11.1. The van der Waals surface area contributed by atoms with E-state index in [1.54, 1.807) is 47.4 Å². The first-order valence-corrected chi connectivity index (χ1v) is 11.0. The van der Waals surface area contributed by atoms with E-state index >= 15 is 0 Å². The summed E-state index contributed by atoms with van der Waals surface area (Å²) in [6.45, 7) is 1.20. The van der Waals surface area contributed by atoms with Gasteiger partial charge in [-0.25, -0.2) is 4.68 Å². The van der Waals surface area contributed by atoms with Gasteiger partial charge >= 0.3 is 0 Å². The van der Waals surface area contributed by atoms with Crippen molar-refractivity contribution in [2.75, 3.05) is 12.3 Å². The predicted octanol–water partition coefficient (Wildman–Crippen LogP) is 3.15. The lowest BCUT2D eigenvalue weighted by Crippen LogP contribution is -2.30. The molecule has 0 radical (unpaired) electrons. The van der Waals surface area contributed by atoms with E-state index in [4.69, 9.17) is 0 Å². The fraction of sp³-hybridized carbons (Fsp3) is 0.316. The molecular formula is C19H19N5O2S2. The molecule has 4 rings (SSSR count). The van der Waals surface area contributed by atoms with Crippen LogP contribution < -0.4 is 0 Å². The van der Waals surface area contributed by atoms with Crippen LogP contribution in [0.5, 0.6) is 0 Å². The molecule has 3 heterocycles. The molecular weight excluding hydrogens is 394 g/mol. The van der Waals surface area contributed by atoms with Crippen LogP contribution in [0.25, 0.3) is 0 Å². The quantitative estimate of drug-likeness (QED) is 0.305. The zero-order chi connectivity index (χ0) is 19.3. The van der Waals surface area contributed by atoms with Gasteiger partial charge in [0.25, 0.3) is 11.8 Å². The molecule has 144 valence electrons. The number of carbonyl (C=O) groups is 2. The summed E-state index contributed by atoms with van der Waals surface area (Å²) in [7, 11) is 0. The number of amides is 2. The second-order valence-corrected chi connectivity index (χ2v) is 8.47. The summed E-state index contributed by atoms with van der Waals surface area (Å²) in [5.74, 6) is 0.458. The summed E-state index contributed by atoms with van der Waals surface area (Å²) < 4.78 is 1.83. The van der Waals surface area contributed by atoms with Gasteiger partial charge in [-0.15, -0.1) is 16.4 Å². The number of unbranched alkanes of at least 4 members (excludes halogenated alkanes) is 1. The summed E-state index contributed by atoms with van der Waals surface area (Å²) in [6.07, 6.45) is 2.54. The SMILES string of the molecule is O=C1c2ccccc2C(=O)N1CCCCSc1nnnn1CCc1cccs1. The lowest BCUT2D eigenvalue weighted by Gasteiger charge is -2.13. The van der Waals surface area contributed by atoms with Gasteiger partial charge in [0.1, 0.15) is 0 Å². The molecule has 0 fully saturated rings. The monoisotopic (exact) mass is 413 g/mol. The Balaban J connectivity index is 1.21. The van der Waals surface area contributed by atoms with Gasteiger partial charge in [-0.3, -0.25) is 14.5 Å². The lowest BCUT2D eigenvalue weighted by molar-refractivity contribution is 0.0652. The molecule has 0 spiro atoms. The summed E-state index contributed by atoms with van der Waals surface area (Å²) in [4.78, 5) is 27.3. The van der Waals surface area contributed by atoms with Crippen LogP contribution in [0.4, 0.5) is 0 Å². The van der Waals surface area contributed by atoms with Gasteiger partial charge < -0.3 is 0 Å². The van der Waals surface area contributed by atoms with Gasteiger partial charge in [0.05, 0.1) is 17.7 Å². The molecule has 28 heavy (non-hydrogen) atoms. The number of fused-ring (bicyclic) bond motifs is 1. The van der Waals surface area contributed by atoms with E-state index in [-0.39, 0.29) is 11.8 Å². The molecule has 0 N–H and O–H groups in total. The molecule has 0 bridgehead atoms. The largest absolute Gasteiger partial charge is 0.274 e. The van der Waals surface area contributed by atoms with Crippen LogP contribution in [-0.4, -0.2) is 49.2 Å². The maximum atomic E-state index is 12.3. The third-order valence-electron chi connectivity index (χ3n) is 4.53. The highest BCUT2D eigenvalue weighted by atomic mass is 32.2. The third-order valence-corrected chi connectivity index (χ3v) is 6.51. The number of thioether (sulfide) groups is 1. The van der Waals surface area contributed by atoms with Crippen LogP contribution in [-0.2, 0) is 13.0 Å². The molecule has 0 saturated carbocycles. The highest BCUT2D eigenvalue weighted by Crippen LogP contribution is 2.23. The predicted molar refractivity (Wildman–Crippen MR) is 108 cm³/mol. The maximum Gasteiger partial charge on any atom is 0.261 e. The van der Waals surface area contributed by atoms with E-state index in [9.17, 15) is 9.59 Å². The molecule has 0 atom stereocenters. The molecule has 0 saturated heterocycles. The number of hydrogen-bond donors (Lipinski definition) is 0. The number of rotatable bonds is 9. The minimum absolute atomic E-state index is 0.189. The first kappa shape index (κ1) is 18.8. The van der Waals surface area contributed by atoms with Crippen LogP contribution in [0.3, 0.4) is 0 Å². The van der Waals surface area contributed by atoms with Crippen molar-refractivity contribution in [3.8, 4) is 0 Å². The average molecular weight is 414 g/mol. The second-order valence-electron chi connectivity index (χ2n) is 6.38. The molecule has 2 amide bonds. The Bertz CT molecular complexity index is 935. The van der Waals surface area contributed by atoms with Crippen molar-refractivity contribution >= 4 is 34.9 Å². The van der Waals surface area contributed by atoms with E-state index in [0.717, 1.165) is 36.7 Å². The van der Waals surface area contributed by atoms with Crippen molar-refractivity contribution in [3.05, 3.63) is 57.8 Å². The Kier molecular flexibility index (Phi) is 5.82. The van der Waals surface area contributed by atoms with E-state index in [1.165, 1.54) is 9.78 Å². The molecule has 1 aliphatic rings. The number of hydrogen-bond acceptors (Lipinski definition) is 7. The summed E-state index contributed by atoms with van der Waals surface area (Å²) >= 11 is 3.34. The number of nitrogens with zero attached hydrogens (tertiary/aromatic N) is 5. The highest BCUT2D eigenvalue weighted by Gasteiger charge is 2.34. The highest BCUT2D eigenvalue weighted by molar-refractivity contribution is 7.99. The zero-order valence-corrected chi connectivity index (χ0v) is 16.8. The minimum atomic E-state index is -0.189. The van der Waals surface area contributed by atoms with E-state index in [2.05, 4.69) is 27.0 Å². The molecule has 0 aliphatic carbocycles. The molecule has 1 aliphatic heterocycles. The van der Waals surface area contributed by atoms with Gasteiger partial charge in [-0.2, -0.15) is 0 Å². The molecule has 0 unspecified atom stereocenters. The Morgan fingerprint density at radius 2 is 1.75 bits per heavy atom. The number of benzene rings is 1. The summed E-state index contributed by atoms with van der Waals surface area (Å²) in [5, 5.41) is 14.8. The Morgan fingerprint density at radius 1 is 0.964 bits per heavy atom. The van der Waals surface area contributed by atoms with Crippen LogP contribution in [0.1, 0.15) is 38.4 Å². The first-order valence-electron chi connectivity index (χ1n) is 9.10. The number of imide groups is 1. The number of carbonyl (C=O) groups excluding carboxylic acids is 2. The van der Waals surface area contributed by atoms with Crippen molar-refractivity contribution in [2.24, 2.45) is 0 Å². The smallest absolute Gasteiger partial charge is 0.261 e. The summed E-state index contributed by atoms with van der Waals surface area (Å²) in [5.41, 5.74) is 1.01. The van der Waals surface area contributed by atoms with E-state index < -0.39 is 0 Å². The van der Waals surface area contributed by atoms with Crippen molar-refractivity contribution in [2.45, 2.75) is 31.0 Å². The van der Waals surface area contributed by atoms with Gasteiger partial charge in [0, 0.05) is 23.6 Å². The third kappa shape index (κ3) is 4.00. The van der Waals surface area contributed by atoms with Crippen molar-refractivity contribution in [1.82, 2.24) is 25.1 Å². The van der Waals surface area contributed by atoms with Crippen molar-refractivity contribution < 1.29 is 9.59 Å². The second kappa shape index (κ2) is 8.66. The first-order chi connectivity index (χ1) is 13.7. The maximum absolute atomic E-state index is 12.3. The fourth-order valence-corrected chi connectivity index (χ4v) is 4.69.